The molecule has 0 saturated heterocycles. The van der Waals surface area contributed by atoms with Crippen molar-refractivity contribution in [1.82, 2.24) is 9.97 Å². The topological polar surface area (TPSA) is 25.8 Å². The molecule has 0 aliphatic rings. The van der Waals surface area contributed by atoms with E-state index in [4.69, 9.17) is 34.8 Å². The van der Waals surface area contributed by atoms with Crippen molar-refractivity contribution in [2.24, 2.45) is 0 Å². The van der Waals surface area contributed by atoms with Gasteiger partial charge < -0.3 is 0 Å². The second kappa shape index (κ2) is 5.50. The number of nitrogens with zero attached hydrogens (tertiary/aromatic N) is 2. The van der Waals surface area contributed by atoms with Crippen LogP contribution in [0.15, 0.2) is 30.6 Å². The summed E-state index contributed by atoms with van der Waals surface area (Å²) in [4.78, 5) is 7.92. The van der Waals surface area contributed by atoms with Crippen LogP contribution in [0.4, 0.5) is 0 Å². The summed E-state index contributed by atoms with van der Waals surface area (Å²) >= 11 is 17.6. The first-order chi connectivity index (χ1) is 8.16. The first kappa shape index (κ1) is 12.4. The quantitative estimate of drug-likeness (QED) is 0.753. The van der Waals surface area contributed by atoms with E-state index in [9.17, 15) is 0 Å². The minimum Gasteiger partial charge on any atom is -0.264 e. The van der Waals surface area contributed by atoms with Crippen LogP contribution in [-0.2, 0) is 0 Å². The SMILES string of the molecule is Clc1cc(/C=C/c2cccnc2)c(Cl)nc1Cl. The zero-order valence-electron chi connectivity index (χ0n) is 8.57. The largest absolute Gasteiger partial charge is 0.264 e. The summed E-state index contributed by atoms with van der Waals surface area (Å²) in [6.45, 7) is 0. The molecule has 2 nitrogen and oxygen atoms in total. The molecule has 0 atom stereocenters. The van der Waals surface area contributed by atoms with E-state index in [1.54, 1.807) is 18.5 Å². The number of rotatable bonds is 2. The van der Waals surface area contributed by atoms with E-state index in [0.29, 0.717) is 15.7 Å². The maximum atomic E-state index is 5.95. The lowest BCUT2D eigenvalue weighted by atomic mass is 10.2. The maximum absolute atomic E-state index is 5.95. The maximum Gasteiger partial charge on any atom is 0.149 e. The molecule has 0 fully saturated rings. The monoisotopic (exact) mass is 284 g/mol. The molecule has 0 saturated carbocycles. The molecule has 5 heteroatoms. The van der Waals surface area contributed by atoms with E-state index in [0.717, 1.165) is 5.56 Å². The molecule has 0 radical (unpaired) electrons. The van der Waals surface area contributed by atoms with Gasteiger partial charge in [0, 0.05) is 18.0 Å². The first-order valence-electron chi connectivity index (χ1n) is 4.76. The standard InChI is InChI=1S/C12H7Cl3N2/c13-10-6-9(11(14)17-12(10)15)4-3-8-2-1-5-16-7-8/h1-7H/b4-3+. The fourth-order valence-corrected chi connectivity index (χ4v) is 1.78. The minimum atomic E-state index is 0.204. The summed E-state index contributed by atoms with van der Waals surface area (Å²) in [5, 5.41) is 0.900. The first-order valence-corrected chi connectivity index (χ1v) is 5.90. The third-order valence-electron chi connectivity index (χ3n) is 2.05. The second-order valence-corrected chi connectivity index (χ2v) is 4.38. The fraction of sp³-hybridized carbons (Fsp3) is 0. The molecule has 0 aliphatic heterocycles. The van der Waals surface area contributed by atoms with Crippen molar-refractivity contribution in [3.8, 4) is 0 Å². The van der Waals surface area contributed by atoms with E-state index in [-0.39, 0.29) is 5.15 Å². The molecule has 86 valence electrons. The summed E-state index contributed by atoms with van der Waals surface area (Å²) < 4.78 is 0. The molecule has 2 aromatic rings. The lowest BCUT2D eigenvalue weighted by molar-refractivity contribution is 1.31. The van der Waals surface area contributed by atoms with Gasteiger partial charge in [-0.1, -0.05) is 53.0 Å². The fourth-order valence-electron chi connectivity index (χ4n) is 1.24. The third-order valence-corrected chi connectivity index (χ3v) is 3.03. The molecule has 0 N–H and O–H groups in total. The van der Waals surface area contributed by atoms with Crippen LogP contribution in [0.1, 0.15) is 11.1 Å². The Labute approximate surface area is 114 Å². The average Bonchev–Trinajstić information content (AvgIpc) is 2.33. The van der Waals surface area contributed by atoms with Crippen LogP contribution in [0.5, 0.6) is 0 Å². The number of pyridine rings is 2. The lowest BCUT2D eigenvalue weighted by Gasteiger charge is -2.00. The number of aromatic nitrogens is 2. The van der Waals surface area contributed by atoms with E-state index in [1.807, 2.05) is 24.3 Å². The van der Waals surface area contributed by atoms with Gasteiger partial charge in [0.05, 0.1) is 5.02 Å². The molecular formula is C12H7Cl3N2. The molecule has 2 heterocycles. The van der Waals surface area contributed by atoms with Crippen molar-refractivity contribution < 1.29 is 0 Å². The Balaban J connectivity index is 2.31. The number of hydrogen-bond donors (Lipinski definition) is 0. The van der Waals surface area contributed by atoms with Crippen molar-refractivity contribution in [3.05, 3.63) is 57.0 Å². The Morgan fingerprint density at radius 3 is 2.59 bits per heavy atom. The van der Waals surface area contributed by atoms with Crippen molar-refractivity contribution in [1.29, 1.82) is 0 Å². The Bertz CT molecular complexity index is 553. The molecule has 0 amide bonds. The molecule has 0 aromatic carbocycles. The summed E-state index contributed by atoms with van der Waals surface area (Å²) in [5.74, 6) is 0. The summed E-state index contributed by atoms with van der Waals surface area (Å²) in [5.41, 5.74) is 1.68. The Morgan fingerprint density at radius 1 is 1.06 bits per heavy atom. The van der Waals surface area contributed by atoms with Crippen LogP contribution in [-0.4, -0.2) is 9.97 Å². The van der Waals surface area contributed by atoms with E-state index in [2.05, 4.69) is 9.97 Å². The third kappa shape index (κ3) is 3.19. The summed E-state index contributed by atoms with van der Waals surface area (Å²) in [7, 11) is 0. The van der Waals surface area contributed by atoms with E-state index >= 15 is 0 Å². The van der Waals surface area contributed by atoms with Gasteiger partial charge in [-0.2, -0.15) is 0 Å². The van der Waals surface area contributed by atoms with Crippen LogP contribution in [0.3, 0.4) is 0 Å². The van der Waals surface area contributed by atoms with Crippen LogP contribution < -0.4 is 0 Å². The van der Waals surface area contributed by atoms with Crippen molar-refractivity contribution in [2.75, 3.05) is 0 Å². The molecule has 0 aliphatic carbocycles. The molecule has 17 heavy (non-hydrogen) atoms. The van der Waals surface area contributed by atoms with E-state index < -0.39 is 0 Å². The molecular weight excluding hydrogens is 279 g/mol. The normalized spacial score (nSPS) is 11.0. The van der Waals surface area contributed by atoms with Gasteiger partial charge in [0.2, 0.25) is 0 Å². The summed E-state index contributed by atoms with van der Waals surface area (Å²) in [6.07, 6.45) is 7.15. The lowest BCUT2D eigenvalue weighted by Crippen LogP contribution is -1.83. The molecule has 0 unspecified atom stereocenters. The van der Waals surface area contributed by atoms with Crippen molar-refractivity contribution >= 4 is 47.0 Å². The Kier molecular flexibility index (Phi) is 4.00. The zero-order valence-corrected chi connectivity index (χ0v) is 10.8. The van der Waals surface area contributed by atoms with Gasteiger partial charge in [-0.15, -0.1) is 0 Å². The molecule has 0 bridgehead atoms. The predicted octanol–water partition coefficient (Wildman–Crippen LogP) is 4.61. The highest BCUT2D eigenvalue weighted by atomic mass is 35.5. The van der Waals surface area contributed by atoms with E-state index in [1.165, 1.54) is 0 Å². The van der Waals surface area contributed by atoms with Gasteiger partial charge >= 0.3 is 0 Å². The van der Waals surface area contributed by atoms with Gasteiger partial charge in [0.25, 0.3) is 0 Å². The molecule has 0 spiro atoms. The highest BCUT2D eigenvalue weighted by Gasteiger charge is 2.04. The van der Waals surface area contributed by atoms with Gasteiger partial charge in [0.1, 0.15) is 10.3 Å². The number of hydrogen-bond acceptors (Lipinski definition) is 2. The second-order valence-electron chi connectivity index (χ2n) is 3.26. The van der Waals surface area contributed by atoms with Crippen LogP contribution in [0.25, 0.3) is 12.2 Å². The van der Waals surface area contributed by atoms with Crippen LogP contribution >= 0.6 is 34.8 Å². The van der Waals surface area contributed by atoms with Gasteiger partial charge in [-0.05, 0) is 17.7 Å². The van der Waals surface area contributed by atoms with Crippen LogP contribution in [0, 0.1) is 0 Å². The number of halogens is 3. The smallest absolute Gasteiger partial charge is 0.149 e. The minimum absolute atomic E-state index is 0.204. The molecule has 2 aromatic heterocycles. The summed E-state index contributed by atoms with van der Waals surface area (Å²) in [6, 6.07) is 5.46. The molecule has 2 rings (SSSR count). The average molecular weight is 286 g/mol. The predicted molar refractivity (Wildman–Crippen MR) is 72.4 cm³/mol. The van der Waals surface area contributed by atoms with Crippen LogP contribution in [0.2, 0.25) is 15.3 Å². The van der Waals surface area contributed by atoms with Gasteiger partial charge in [-0.25, -0.2) is 4.98 Å². The highest BCUT2D eigenvalue weighted by molar-refractivity contribution is 6.42. The highest BCUT2D eigenvalue weighted by Crippen LogP contribution is 2.26. The van der Waals surface area contributed by atoms with Crippen molar-refractivity contribution in [3.63, 3.8) is 0 Å². The zero-order chi connectivity index (χ0) is 12.3. The van der Waals surface area contributed by atoms with Gasteiger partial charge in [0.15, 0.2) is 0 Å². The Hall–Kier alpha value is -1.09. The van der Waals surface area contributed by atoms with Gasteiger partial charge in [-0.3, -0.25) is 4.98 Å². The van der Waals surface area contributed by atoms with Crippen molar-refractivity contribution in [2.45, 2.75) is 0 Å². The Morgan fingerprint density at radius 2 is 1.88 bits per heavy atom.